The van der Waals surface area contributed by atoms with Crippen molar-refractivity contribution in [1.82, 2.24) is 4.90 Å². The smallest absolute Gasteiger partial charge is 0.256 e. The van der Waals surface area contributed by atoms with E-state index in [0.717, 1.165) is 18.7 Å². The van der Waals surface area contributed by atoms with E-state index in [0.29, 0.717) is 28.6 Å². The molecule has 4 nitrogen and oxygen atoms in total. The highest BCUT2D eigenvalue weighted by atomic mass is 19.1. The summed E-state index contributed by atoms with van der Waals surface area (Å²) in [6.07, 6.45) is 0.188. The van der Waals surface area contributed by atoms with Crippen molar-refractivity contribution in [3.63, 3.8) is 0 Å². The summed E-state index contributed by atoms with van der Waals surface area (Å²) in [5.74, 6) is -0.439. The van der Waals surface area contributed by atoms with E-state index in [1.54, 1.807) is 6.07 Å². The number of nitrogens with one attached hydrogen (secondary N) is 1. The maximum atomic E-state index is 14.3. The summed E-state index contributed by atoms with van der Waals surface area (Å²) < 4.78 is 19.9. The Hall–Kier alpha value is -1.98. The highest BCUT2D eigenvalue weighted by Crippen LogP contribution is 2.37. The molecule has 1 N–H and O–H groups in total. The molecule has 4 rings (SSSR count). The van der Waals surface area contributed by atoms with Crippen LogP contribution < -0.4 is 5.32 Å². The van der Waals surface area contributed by atoms with Gasteiger partial charge in [0.25, 0.3) is 5.91 Å². The molecule has 2 aromatic carbocycles. The summed E-state index contributed by atoms with van der Waals surface area (Å²) >= 11 is 0. The van der Waals surface area contributed by atoms with Crippen molar-refractivity contribution in [3.8, 4) is 0 Å². The van der Waals surface area contributed by atoms with Crippen molar-refractivity contribution < 1.29 is 13.9 Å². The summed E-state index contributed by atoms with van der Waals surface area (Å²) in [7, 11) is 0. The van der Waals surface area contributed by atoms with Crippen LogP contribution in [0.2, 0.25) is 0 Å². The second-order valence-corrected chi connectivity index (χ2v) is 6.39. The van der Waals surface area contributed by atoms with Gasteiger partial charge >= 0.3 is 0 Å². The third kappa shape index (κ3) is 2.31. The van der Waals surface area contributed by atoms with Crippen molar-refractivity contribution in [2.45, 2.75) is 26.0 Å². The topological polar surface area (TPSA) is 41.6 Å². The first-order valence-electron chi connectivity index (χ1n) is 7.98. The van der Waals surface area contributed by atoms with Crippen LogP contribution in [0.3, 0.4) is 0 Å². The van der Waals surface area contributed by atoms with Crippen molar-refractivity contribution in [1.29, 1.82) is 0 Å². The molecular formula is C18H19FN2O2. The summed E-state index contributed by atoms with van der Waals surface area (Å²) in [4.78, 5) is 14.5. The molecular weight excluding hydrogens is 295 g/mol. The first kappa shape index (κ1) is 14.6. The minimum absolute atomic E-state index is 0.110. The molecule has 5 heteroatoms. The van der Waals surface area contributed by atoms with Crippen molar-refractivity contribution in [2.75, 3.05) is 25.0 Å². The third-order valence-electron chi connectivity index (χ3n) is 4.88. The van der Waals surface area contributed by atoms with Crippen LogP contribution in [-0.2, 0) is 4.74 Å². The fourth-order valence-electron chi connectivity index (χ4n) is 3.59. The lowest BCUT2D eigenvalue weighted by atomic mass is 9.97. The zero-order valence-corrected chi connectivity index (χ0v) is 13.2. The number of hydrogen-bond donors (Lipinski definition) is 1. The number of hydrogen-bond acceptors (Lipinski definition) is 3. The standard InChI is InChI=1S/C18H19FN2O2/c1-10-9-21(5-6-23-10)11(2)12-7-13-15(19)3-4-16-17(13)14(8-12)18(22)20-16/h3-4,7-8,10-11H,5-6,9H2,1-2H3,(H,20,22)/t10-,11?/m1/s1. The van der Waals surface area contributed by atoms with Gasteiger partial charge in [-0.05, 0) is 43.7 Å². The van der Waals surface area contributed by atoms with E-state index in [1.807, 2.05) is 12.1 Å². The predicted molar refractivity (Wildman–Crippen MR) is 87.3 cm³/mol. The number of halogens is 1. The van der Waals surface area contributed by atoms with Gasteiger partial charge in [0.05, 0.1) is 18.3 Å². The van der Waals surface area contributed by atoms with Crippen LogP contribution in [0.15, 0.2) is 24.3 Å². The predicted octanol–water partition coefficient (Wildman–Crippen LogP) is 3.33. The summed E-state index contributed by atoms with van der Waals surface area (Å²) in [6.45, 7) is 6.53. The Labute approximate surface area is 134 Å². The van der Waals surface area contributed by atoms with E-state index in [9.17, 15) is 9.18 Å². The van der Waals surface area contributed by atoms with Crippen LogP contribution in [0.1, 0.15) is 35.8 Å². The van der Waals surface area contributed by atoms with E-state index < -0.39 is 0 Å². The number of ether oxygens (including phenoxy) is 1. The molecule has 0 saturated carbocycles. The van der Waals surface area contributed by atoms with Crippen LogP contribution in [0.4, 0.5) is 10.1 Å². The van der Waals surface area contributed by atoms with Gasteiger partial charge in [0.15, 0.2) is 0 Å². The van der Waals surface area contributed by atoms with Gasteiger partial charge in [-0.1, -0.05) is 0 Å². The number of carbonyl (C=O) groups is 1. The maximum absolute atomic E-state index is 14.3. The van der Waals surface area contributed by atoms with Crippen molar-refractivity contribution >= 4 is 22.4 Å². The van der Waals surface area contributed by atoms with E-state index in [2.05, 4.69) is 24.1 Å². The van der Waals surface area contributed by atoms with Crippen LogP contribution in [-0.4, -0.2) is 36.6 Å². The zero-order chi connectivity index (χ0) is 16.1. The second kappa shape index (κ2) is 5.28. The molecule has 0 bridgehead atoms. The molecule has 1 fully saturated rings. The molecule has 2 aliphatic rings. The summed E-state index contributed by atoms with van der Waals surface area (Å²) in [6, 6.07) is 6.93. The monoisotopic (exact) mass is 314 g/mol. The molecule has 1 amide bonds. The third-order valence-corrected chi connectivity index (χ3v) is 4.88. The second-order valence-electron chi connectivity index (χ2n) is 6.39. The van der Waals surface area contributed by atoms with Crippen LogP contribution in [0, 0.1) is 5.82 Å². The Morgan fingerprint density at radius 1 is 1.39 bits per heavy atom. The maximum Gasteiger partial charge on any atom is 0.256 e. The highest BCUT2D eigenvalue weighted by molar-refractivity contribution is 6.24. The largest absolute Gasteiger partial charge is 0.376 e. The van der Waals surface area contributed by atoms with E-state index >= 15 is 0 Å². The molecule has 2 atom stereocenters. The molecule has 120 valence electrons. The fourth-order valence-corrected chi connectivity index (χ4v) is 3.59. The SMILES string of the molecule is CC(c1cc2c3c(ccc(F)c3c1)NC2=O)N1CCO[C@H](C)C1. The molecule has 2 aromatic rings. The Balaban J connectivity index is 1.80. The quantitative estimate of drug-likeness (QED) is 0.924. The molecule has 0 spiro atoms. The molecule has 1 unspecified atom stereocenters. The fraction of sp³-hybridized carbons (Fsp3) is 0.389. The number of benzene rings is 2. The summed E-state index contributed by atoms with van der Waals surface area (Å²) in [5, 5.41) is 4.02. The lowest BCUT2D eigenvalue weighted by Crippen LogP contribution is -2.42. The van der Waals surface area contributed by atoms with Gasteiger partial charge < -0.3 is 10.1 Å². The number of rotatable bonds is 2. The highest BCUT2D eigenvalue weighted by Gasteiger charge is 2.27. The average molecular weight is 314 g/mol. The molecule has 0 aromatic heterocycles. The van der Waals surface area contributed by atoms with Gasteiger partial charge in [-0.2, -0.15) is 0 Å². The first-order valence-corrected chi connectivity index (χ1v) is 7.98. The van der Waals surface area contributed by atoms with Crippen LogP contribution in [0.25, 0.3) is 10.8 Å². The number of nitrogens with zero attached hydrogens (tertiary/aromatic N) is 1. The van der Waals surface area contributed by atoms with Crippen molar-refractivity contribution in [2.24, 2.45) is 0 Å². The molecule has 2 aliphatic heterocycles. The zero-order valence-electron chi connectivity index (χ0n) is 13.2. The molecule has 0 radical (unpaired) electrons. The van der Waals surface area contributed by atoms with Crippen LogP contribution >= 0.6 is 0 Å². The Bertz CT molecular complexity index is 805. The number of carbonyl (C=O) groups excluding carboxylic acids is 1. The number of amides is 1. The van der Waals surface area contributed by atoms with Gasteiger partial charge in [-0.15, -0.1) is 0 Å². The molecule has 2 heterocycles. The lowest BCUT2D eigenvalue weighted by molar-refractivity contribution is -0.0319. The van der Waals surface area contributed by atoms with Crippen LogP contribution in [0.5, 0.6) is 0 Å². The molecule has 1 saturated heterocycles. The first-order chi connectivity index (χ1) is 11.0. The normalized spacial score (nSPS) is 22.4. The Morgan fingerprint density at radius 3 is 3.00 bits per heavy atom. The Morgan fingerprint density at radius 2 is 2.22 bits per heavy atom. The van der Waals surface area contributed by atoms with Gasteiger partial charge in [-0.3, -0.25) is 9.69 Å². The molecule has 0 aliphatic carbocycles. The van der Waals surface area contributed by atoms with Gasteiger partial charge in [0.1, 0.15) is 5.82 Å². The lowest BCUT2D eigenvalue weighted by Gasteiger charge is -2.36. The van der Waals surface area contributed by atoms with Gasteiger partial charge in [-0.25, -0.2) is 4.39 Å². The minimum atomic E-state index is -0.286. The van der Waals surface area contributed by atoms with Gasteiger partial charge in [0.2, 0.25) is 0 Å². The van der Waals surface area contributed by atoms with Gasteiger partial charge in [0, 0.05) is 35.6 Å². The van der Waals surface area contributed by atoms with Crippen molar-refractivity contribution in [3.05, 3.63) is 41.2 Å². The average Bonchev–Trinajstić information content (AvgIpc) is 2.87. The summed E-state index contributed by atoms with van der Waals surface area (Å²) in [5.41, 5.74) is 2.23. The Kier molecular flexibility index (Phi) is 3.36. The van der Waals surface area contributed by atoms with E-state index in [4.69, 9.17) is 4.74 Å². The minimum Gasteiger partial charge on any atom is -0.376 e. The van der Waals surface area contributed by atoms with E-state index in [1.165, 1.54) is 6.07 Å². The molecule has 23 heavy (non-hydrogen) atoms. The number of morpholine rings is 1. The van der Waals surface area contributed by atoms with E-state index in [-0.39, 0.29) is 23.9 Å². The number of anilines is 1.